The Balaban J connectivity index is 1.57. The van der Waals surface area contributed by atoms with Gasteiger partial charge in [-0.25, -0.2) is 0 Å². The van der Waals surface area contributed by atoms with Crippen LogP contribution in [0.3, 0.4) is 0 Å². The van der Waals surface area contributed by atoms with E-state index in [1.165, 1.54) is 70.6 Å². The second kappa shape index (κ2) is 9.66. The maximum Gasteiger partial charge on any atom is 0.0575 e. The van der Waals surface area contributed by atoms with E-state index in [0.717, 1.165) is 24.4 Å². The van der Waals surface area contributed by atoms with Gasteiger partial charge < -0.3 is 4.74 Å². The third kappa shape index (κ3) is 6.14. The van der Waals surface area contributed by atoms with Crippen LogP contribution < -0.4 is 0 Å². The molecule has 0 aromatic heterocycles. The second-order valence-electron chi connectivity index (χ2n) is 7.29. The van der Waals surface area contributed by atoms with Gasteiger partial charge in [-0.2, -0.15) is 0 Å². The molecule has 0 N–H and O–H groups in total. The minimum absolute atomic E-state index is 0.576. The Bertz CT molecular complexity index is 280. The molecule has 0 bridgehead atoms. The Morgan fingerprint density at radius 2 is 1.38 bits per heavy atom. The van der Waals surface area contributed by atoms with Crippen LogP contribution in [-0.4, -0.2) is 12.7 Å². The molecule has 2 saturated carbocycles. The molecule has 0 aliphatic heterocycles. The van der Waals surface area contributed by atoms with Crippen LogP contribution >= 0.6 is 0 Å². The van der Waals surface area contributed by atoms with Crippen LogP contribution in [0.5, 0.6) is 0 Å². The fourth-order valence-corrected chi connectivity index (χ4v) is 4.29. The summed E-state index contributed by atoms with van der Waals surface area (Å²) in [7, 11) is 0. The van der Waals surface area contributed by atoms with Crippen molar-refractivity contribution in [2.75, 3.05) is 6.61 Å². The summed E-state index contributed by atoms with van der Waals surface area (Å²) in [6.45, 7) is 5.26. The van der Waals surface area contributed by atoms with Crippen molar-refractivity contribution in [1.82, 2.24) is 0 Å². The largest absolute Gasteiger partial charge is 0.379 e. The Morgan fingerprint density at radius 1 is 0.810 bits per heavy atom. The monoisotopic (exact) mass is 292 g/mol. The van der Waals surface area contributed by atoms with E-state index in [9.17, 15) is 0 Å². The molecular formula is C20H36O. The zero-order valence-corrected chi connectivity index (χ0v) is 14.4. The van der Waals surface area contributed by atoms with Crippen LogP contribution in [0, 0.1) is 17.8 Å². The third-order valence-electron chi connectivity index (χ3n) is 5.71. The van der Waals surface area contributed by atoms with Crippen molar-refractivity contribution in [3.63, 3.8) is 0 Å². The number of hydrogen-bond acceptors (Lipinski definition) is 1. The number of allylic oxidation sites excluding steroid dienone is 2. The molecule has 0 radical (unpaired) electrons. The zero-order chi connectivity index (χ0) is 14.9. The number of rotatable bonds is 7. The molecule has 0 saturated heterocycles. The van der Waals surface area contributed by atoms with Gasteiger partial charge in [0.2, 0.25) is 0 Å². The van der Waals surface area contributed by atoms with Crippen molar-refractivity contribution in [2.45, 2.75) is 90.6 Å². The molecule has 2 aliphatic carbocycles. The lowest BCUT2D eigenvalue weighted by Crippen LogP contribution is -2.22. The van der Waals surface area contributed by atoms with Crippen LogP contribution in [0.25, 0.3) is 0 Å². The molecule has 2 fully saturated rings. The highest BCUT2D eigenvalue weighted by Gasteiger charge is 2.24. The summed E-state index contributed by atoms with van der Waals surface area (Å²) in [6, 6.07) is 0. The van der Waals surface area contributed by atoms with Crippen LogP contribution in [0.2, 0.25) is 0 Å². The molecule has 0 atom stereocenters. The molecule has 0 heterocycles. The summed E-state index contributed by atoms with van der Waals surface area (Å²) in [5.41, 5.74) is 0. The Morgan fingerprint density at radius 3 is 1.90 bits per heavy atom. The second-order valence-corrected chi connectivity index (χ2v) is 7.29. The molecule has 2 aliphatic rings. The third-order valence-corrected chi connectivity index (χ3v) is 5.71. The highest BCUT2D eigenvalue weighted by Crippen LogP contribution is 2.36. The lowest BCUT2D eigenvalue weighted by Gasteiger charge is -2.31. The van der Waals surface area contributed by atoms with E-state index in [0.29, 0.717) is 6.10 Å². The van der Waals surface area contributed by atoms with Crippen LogP contribution in [0.1, 0.15) is 84.5 Å². The lowest BCUT2D eigenvalue weighted by atomic mass is 9.77. The van der Waals surface area contributed by atoms with Gasteiger partial charge in [0.25, 0.3) is 0 Å². The van der Waals surface area contributed by atoms with Gasteiger partial charge in [-0.05, 0) is 82.5 Å². The van der Waals surface area contributed by atoms with Gasteiger partial charge in [0.05, 0.1) is 6.10 Å². The number of ether oxygens (including phenoxy) is 1. The summed E-state index contributed by atoms with van der Waals surface area (Å²) < 4.78 is 5.76. The van der Waals surface area contributed by atoms with Gasteiger partial charge in [-0.15, -0.1) is 0 Å². The van der Waals surface area contributed by atoms with Crippen LogP contribution in [-0.2, 0) is 4.74 Å². The lowest BCUT2D eigenvalue weighted by molar-refractivity contribution is 0.0239. The molecule has 0 amide bonds. The molecule has 2 rings (SSSR count). The first kappa shape index (κ1) is 17.1. The van der Waals surface area contributed by atoms with E-state index in [-0.39, 0.29) is 0 Å². The summed E-state index contributed by atoms with van der Waals surface area (Å²) in [5.74, 6) is 2.92. The van der Waals surface area contributed by atoms with E-state index in [1.54, 1.807) is 0 Å². The molecule has 0 spiro atoms. The van der Waals surface area contributed by atoms with Gasteiger partial charge in [0.15, 0.2) is 0 Å². The minimum atomic E-state index is 0.576. The predicted octanol–water partition coefficient (Wildman–Crippen LogP) is 6.13. The molecule has 0 aromatic carbocycles. The quantitative estimate of drug-likeness (QED) is 0.512. The average Bonchev–Trinajstić information content (AvgIpc) is 2.53. The van der Waals surface area contributed by atoms with E-state index in [2.05, 4.69) is 26.0 Å². The van der Waals surface area contributed by atoms with Crippen molar-refractivity contribution < 1.29 is 4.74 Å². The molecule has 0 unspecified atom stereocenters. The van der Waals surface area contributed by atoms with Gasteiger partial charge in [0, 0.05) is 6.61 Å². The standard InChI is InChI=1S/C20H36O/c1-3-5-6-17-7-9-18(10-8-17)11-12-19-13-15-20(16-14-19)21-4-2/h5-6,17-20H,3-4,7-16H2,1-2H3. The van der Waals surface area contributed by atoms with Crippen molar-refractivity contribution >= 4 is 0 Å². The highest BCUT2D eigenvalue weighted by molar-refractivity contribution is 4.90. The molecule has 0 aromatic rings. The predicted molar refractivity (Wildman–Crippen MR) is 91.5 cm³/mol. The van der Waals surface area contributed by atoms with Crippen molar-refractivity contribution in [3.05, 3.63) is 12.2 Å². The molecule has 21 heavy (non-hydrogen) atoms. The highest BCUT2D eigenvalue weighted by atomic mass is 16.5. The SMILES string of the molecule is CCC=CC1CCC(CCC2CCC(OCC)CC2)CC1. The van der Waals surface area contributed by atoms with Crippen molar-refractivity contribution in [2.24, 2.45) is 17.8 Å². The summed E-state index contributed by atoms with van der Waals surface area (Å²) in [5, 5.41) is 0. The first-order chi connectivity index (χ1) is 10.3. The first-order valence-electron chi connectivity index (χ1n) is 9.60. The van der Waals surface area contributed by atoms with E-state index in [4.69, 9.17) is 4.74 Å². The van der Waals surface area contributed by atoms with Crippen LogP contribution in [0.15, 0.2) is 12.2 Å². The maximum atomic E-state index is 5.76. The van der Waals surface area contributed by atoms with Gasteiger partial charge in [0.1, 0.15) is 0 Å². The zero-order valence-electron chi connectivity index (χ0n) is 14.4. The Labute approximate surface area is 132 Å². The normalized spacial score (nSPS) is 34.4. The summed E-state index contributed by atoms with van der Waals surface area (Å²) in [6.07, 6.45) is 20.9. The Hall–Kier alpha value is -0.300. The van der Waals surface area contributed by atoms with Gasteiger partial charge in [-0.3, -0.25) is 0 Å². The average molecular weight is 293 g/mol. The fraction of sp³-hybridized carbons (Fsp3) is 0.900. The summed E-state index contributed by atoms with van der Waals surface area (Å²) in [4.78, 5) is 0. The van der Waals surface area contributed by atoms with E-state index >= 15 is 0 Å². The molecule has 122 valence electrons. The van der Waals surface area contributed by atoms with Crippen LogP contribution in [0.4, 0.5) is 0 Å². The van der Waals surface area contributed by atoms with Gasteiger partial charge in [-0.1, -0.05) is 31.9 Å². The molecule has 1 nitrogen and oxygen atoms in total. The number of hydrogen-bond donors (Lipinski definition) is 0. The first-order valence-corrected chi connectivity index (χ1v) is 9.60. The Kier molecular flexibility index (Phi) is 7.85. The van der Waals surface area contributed by atoms with Crippen molar-refractivity contribution in [1.29, 1.82) is 0 Å². The minimum Gasteiger partial charge on any atom is -0.379 e. The summed E-state index contributed by atoms with van der Waals surface area (Å²) >= 11 is 0. The molecule has 1 heteroatoms. The smallest absolute Gasteiger partial charge is 0.0575 e. The maximum absolute atomic E-state index is 5.76. The van der Waals surface area contributed by atoms with E-state index in [1.807, 2.05) is 0 Å². The van der Waals surface area contributed by atoms with Gasteiger partial charge >= 0.3 is 0 Å². The van der Waals surface area contributed by atoms with Crippen molar-refractivity contribution in [3.8, 4) is 0 Å². The fourth-order valence-electron chi connectivity index (χ4n) is 4.29. The topological polar surface area (TPSA) is 9.23 Å². The molecular weight excluding hydrogens is 256 g/mol. The van der Waals surface area contributed by atoms with E-state index < -0.39 is 0 Å².